The van der Waals surface area contributed by atoms with Gasteiger partial charge < -0.3 is 14.2 Å². The van der Waals surface area contributed by atoms with Crippen LogP contribution in [0.5, 0.6) is 11.5 Å². The monoisotopic (exact) mass is 664 g/mol. The van der Waals surface area contributed by atoms with E-state index in [2.05, 4.69) is 20.9 Å². The highest BCUT2D eigenvalue weighted by Gasteiger charge is 2.33. The number of ether oxygens (including phenoxy) is 3. The Labute approximate surface area is 260 Å². The lowest BCUT2D eigenvalue weighted by atomic mass is 9.96. The summed E-state index contributed by atoms with van der Waals surface area (Å²) in [5.74, 6) is 0.392. The molecule has 43 heavy (non-hydrogen) atoms. The summed E-state index contributed by atoms with van der Waals surface area (Å²) in [7, 11) is 0. The van der Waals surface area contributed by atoms with Gasteiger partial charge in [-0.2, -0.15) is 0 Å². The van der Waals surface area contributed by atoms with Gasteiger partial charge >= 0.3 is 5.97 Å². The average Bonchev–Trinajstić information content (AvgIpc) is 3.26. The summed E-state index contributed by atoms with van der Waals surface area (Å²) < 4.78 is 33.7. The number of carbonyl (C=O) groups excluding carboxylic acids is 1. The summed E-state index contributed by atoms with van der Waals surface area (Å²) in [6, 6.07) is 18.5. The fourth-order valence-corrected chi connectivity index (χ4v) is 6.29. The van der Waals surface area contributed by atoms with Crippen LogP contribution in [0.1, 0.15) is 50.4 Å². The number of benzene rings is 3. The molecule has 3 aromatic carbocycles. The van der Waals surface area contributed by atoms with Crippen LogP contribution in [0, 0.1) is 5.82 Å². The smallest absolute Gasteiger partial charge is 0.338 e. The lowest BCUT2D eigenvalue weighted by molar-refractivity contribution is -0.143. The fourth-order valence-electron chi connectivity index (χ4n) is 4.73. The van der Waals surface area contributed by atoms with Gasteiger partial charge in [-0.15, -0.1) is 0 Å². The maximum atomic E-state index is 14.0. The Balaban J connectivity index is 1.53. The van der Waals surface area contributed by atoms with E-state index in [0.717, 1.165) is 11.1 Å². The standard InChI is InChI=1S/C33H30BrFN2O5S/c1-5-40-24-13-11-22(12-14-24)30-29(32(39)42-19(2)3)20(4)36-33-37(30)31(38)28(43-33)17-21-10-15-27(25(34)16-21)41-18-23-8-6-7-9-26(23)35/h6-17,19,30H,5,18H2,1-4H3/b28-17+/t30-/m1/s1. The molecule has 4 aromatic rings. The topological polar surface area (TPSA) is 79.1 Å². The first-order valence-corrected chi connectivity index (χ1v) is 15.4. The molecule has 2 heterocycles. The Hall–Kier alpha value is -4.02. The number of fused-ring (bicyclic) bond motifs is 1. The van der Waals surface area contributed by atoms with Gasteiger partial charge in [-0.1, -0.05) is 47.7 Å². The first-order chi connectivity index (χ1) is 20.7. The van der Waals surface area contributed by atoms with Gasteiger partial charge in [0.15, 0.2) is 4.80 Å². The molecule has 10 heteroatoms. The number of hydrogen-bond donors (Lipinski definition) is 0. The molecule has 1 aliphatic heterocycles. The molecule has 1 atom stereocenters. The van der Waals surface area contributed by atoms with Gasteiger partial charge in [0.05, 0.1) is 39.0 Å². The van der Waals surface area contributed by atoms with Crippen LogP contribution in [0.2, 0.25) is 0 Å². The van der Waals surface area contributed by atoms with Crippen LogP contribution >= 0.6 is 27.3 Å². The lowest BCUT2D eigenvalue weighted by Crippen LogP contribution is -2.40. The number of nitrogens with zero attached hydrogens (tertiary/aromatic N) is 2. The second-order valence-electron chi connectivity index (χ2n) is 10.1. The molecule has 0 amide bonds. The van der Waals surface area contributed by atoms with Crippen molar-refractivity contribution in [3.05, 3.63) is 125 Å². The Kier molecular flexibility index (Phi) is 9.27. The van der Waals surface area contributed by atoms with Crippen molar-refractivity contribution in [1.29, 1.82) is 0 Å². The summed E-state index contributed by atoms with van der Waals surface area (Å²) in [6.45, 7) is 7.83. The van der Waals surface area contributed by atoms with Crippen molar-refractivity contribution in [2.24, 2.45) is 4.99 Å². The van der Waals surface area contributed by atoms with Gasteiger partial charge in [-0.3, -0.25) is 9.36 Å². The molecule has 0 N–H and O–H groups in total. The Morgan fingerprint density at radius 2 is 1.86 bits per heavy atom. The molecular weight excluding hydrogens is 635 g/mol. The molecule has 5 rings (SSSR count). The number of esters is 1. The van der Waals surface area contributed by atoms with Crippen molar-refractivity contribution in [2.75, 3.05) is 6.61 Å². The predicted molar refractivity (Wildman–Crippen MR) is 167 cm³/mol. The van der Waals surface area contributed by atoms with Gasteiger partial charge in [0, 0.05) is 5.56 Å². The van der Waals surface area contributed by atoms with E-state index in [1.54, 1.807) is 55.7 Å². The number of halogens is 2. The van der Waals surface area contributed by atoms with Crippen molar-refractivity contribution in [1.82, 2.24) is 4.57 Å². The summed E-state index contributed by atoms with van der Waals surface area (Å²) >= 11 is 4.78. The maximum absolute atomic E-state index is 14.0. The number of thiazole rings is 1. The normalized spacial score (nSPS) is 14.9. The van der Waals surface area contributed by atoms with Crippen LogP contribution in [0.4, 0.5) is 4.39 Å². The Morgan fingerprint density at radius 3 is 2.53 bits per heavy atom. The Morgan fingerprint density at radius 1 is 1.12 bits per heavy atom. The first kappa shape index (κ1) is 30.4. The van der Waals surface area contributed by atoms with E-state index in [-0.39, 0.29) is 24.1 Å². The minimum absolute atomic E-state index is 0.0791. The van der Waals surface area contributed by atoms with E-state index in [1.807, 2.05) is 43.3 Å². The zero-order valence-corrected chi connectivity index (χ0v) is 26.5. The molecule has 7 nitrogen and oxygen atoms in total. The summed E-state index contributed by atoms with van der Waals surface area (Å²) in [5, 5.41) is 0. The summed E-state index contributed by atoms with van der Waals surface area (Å²) in [5.41, 5.74) is 2.48. The number of allylic oxidation sites excluding steroid dienone is 1. The van der Waals surface area contributed by atoms with E-state index in [9.17, 15) is 14.0 Å². The van der Waals surface area contributed by atoms with Gasteiger partial charge in [0.2, 0.25) is 0 Å². The quantitative estimate of drug-likeness (QED) is 0.203. The minimum Gasteiger partial charge on any atom is -0.494 e. The van der Waals surface area contributed by atoms with Gasteiger partial charge in [-0.25, -0.2) is 14.2 Å². The highest BCUT2D eigenvalue weighted by atomic mass is 79.9. The summed E-state index contributed by atoms with van der Waals surface area (Å²) in [4.78, 5) is 32.4. The molecule has 0 aliphatic carbocycles. The molecule has 0 saturated carbocycles. The predicted octanol–water partition coefficient (Wildman–Crippen LogP) is 6.07. The molecule has 0 bridgehead atoms. The lowest BCUT2D eigenvalue weighted by Gasteiger charge is -2.25. The van der Waals surface area contributed by atoms with Gasteiger partial charge in [-0.05, 0) is 91.2 Å². The van der Waals surface area contributed by atoms with Crippen molar-refractivity contribution in [2.45, 2.75) is 46.4 Å². The van der Waals surface area contributed by atoms with E-state index >= 15 is 0 Å². The average molecular weight is 666 g/mol. The molecule has 1 aromatic heterocycles. The van der Waals surface area contributed by atoms with Crippen LogP contribution in [0.15, 0.2) is 92.3 Å². The van der Waals surface area contributed by atoms with Crippen molar-refractivity contribution in [3.8, 4) is 11.5 Å². The third-order valence-corrected chi connectivity index (χ3v) is 8.29. The van der Waals surface area contributed by atoms with E-state index in [4.69, 9.17) is 14.2 Å². The maximum Gasteiger partial charge on any atom is 0.338 e. The van der Waals surface area contributed by atoms with Crippen LogP contribution < -0.4 is 24.4 Å². The van der Waals surface area contributed by atoms with E-state index in [0.29, 0.717) is 48.7 Å². The molecule has 0 saturated heterocycles. The van der Waals surface area contributed by atoms with Crippen LogP contribution in [0.25, 0.3) is 6.08 Å². The van der Waals surface area contributed by atoms with Crippen molar-refractivity contribution >= 4 is 39.3 Å². The summed E-state index contributed by atoms with van der Waals surface area (Å²) in [6.07, 6.45) is 1.44. The molecule has 0 spiro atoms. The van der Waals surface area contributed by atoms with Crippen LogP contribution in [-0.4, -0.2) is 23.2 Å². The third kappa shape index (κ3) is 6.65. The fraction of sp³-hybridized carbons (Fsp3) is 0.242. The zero-order valence-electron chi connectivity index (χ0n) is 24.1. The van der Waals surface area contributed by atoms with Crippen molar-refractivity contribution < 1.29 is 23.4 Å². The molecule has 0 radical (unpaired) electrons. The molecule has 0 fully saturated rings. The SMILES string of the molecule is CCOc1ccc([C@@H]2C(C(=O)OC(C)C)=C(C)N=c3s/c(=C/c4ccc(OCc5ccccc5F)c(Br)c4)c(=O)n32)cc1. The molecule has 0 unspecified atom stereocenters. The molecular formula is C33H30BrFN2O5S. The highest BCUT2D eigenvalue weighted by molar-refractivity contribution is 9.10. The van der Waals surface area contributed by atoms with Crippen LogP contribution in [-0.2, 0) is 16.1 Å². The number of rotatable bonds is 9. The highest BCUT2D eigenvalue weighted by Crippen LogP contribution is 2.32. The third-order valence-electron chi connectivity index (χ3n) is 6.69. The van der Waals surface area contributed by atoms with Crippen molar-refractivity contribution in [3.63, 3.8) is 0 Å². The minimum atomic E-state index is -0.721. The van der Waals surface area contributed by atoms with E-state index in [1.165, 1.54) is 17.4 Å². The largest absolute Gasteiger partial charge is 0.494 e. The van der Waals surface area contributed by atoms with Gasteiger partial charge in [0.25, 0.3) is 5.56 Å². The number of hydrogen-bond acceptors (Lipinski definition) is 7. The van der Waals surface area contributed by atoms with Gasteiger partial charge in [0.1, 0.15) is 23.9 Å². The first-order valence-electron chi connectivity index (χ1n) is 13.8. The van der Waals surface area contributed by atoms with E-state index < -0.39 is 12.0 Å². The number of aromatic nitrogens is 1. The molecule has 222 valence electrons. The van der Waals surface area contributed by atoms with Crippen LogP contribution in [0.3, 0.4) is 0 Å². The molecule has 1 aliphatic rings. The number of carbonyl (C=O) groups is 1. The Bertz CT molecular complexity index is 1880. The second-order valence-corrected chi connectivity index (χ2v) is 12.0. The second kappa shape index (κ2) is 13.1. The zero-order chi connectivity index (χ0) is 30.7.